The second kappa shape index (κ2) is 5.97. The van der Waals surface area contributed by atoms with Gasteiger partial charge in [0.15, 0.2) is 11.6 Å². The summed E-state index contributed by atoms with van der Waals surface area (Å²) in [6, 6.07) is 4.07. The summed E-state index contributed by atoms with van der Waals surface area (Å²) in [5, 5.41) is 0. The van der Waals surface area contributed by atoms with Gasteiger partial charge in [0.1, 0.15) is 0 Å². The molecule has 2 rings (SSSR count). The topological polar surface area (TPSA) is 29.3 Å². The smallest absolute Gasteiger partial charge is 0.159 e. The number of hydrogen-bond acceptors (Lipinski definition) is 2. The molecule has 0 bridgehead atoms. The van der Waals surface area contributed by atoms with Gasteiger partial charge in [0.2, 0.25) is 0 Å². The molecule has 106 valence electrons. The van der Waals surface area contributed by atoms with E-state index < -0.39 is 11.6 Å². The molecule has 1 heterocycles. The first kappa shape index (κ1) is 14.4. The van der Waals surface area contributed by atoms with Crippen LogP contribution in [0.5, 0.6) is 0 Å². The summed E-state index contributed by atoms with van der Waals surface area (Å²) in [6.45, 7) is 6.80. The highest BCUT2D eigenvalue weighted by atomic mass is 19.2. The van der Waals surface area contributed by atoms with Crippen LogP contribution in [0.1, 0.15) is 31.9 Å². The minimum absolute atomic E-state index is 0.0275. The van der Waals surface area contributed by atoms with E-state index in [0.29, 0.717) is 18.4 Å². The number of likely N-dealkylation sites (tertiary alicyclic amines) is 1. The minimum Gasteiger partial charge on any atom is -0.329 e. The maximum Gasteiger partial charge on any atom is 0.159 e. The Morgan fingerprint density at radius 1 is 1.21 bits per heavy atom. The fourth-order valence-corrected chi connectivity index (χ4v) is 3.18. The fraction of sp³-hybridized carbons (Fsp3) is 0.600. The Morgan fingerprint density at radius 3 is 2.37 bits per heavy atom. The normalized spacial score (nSPS) is 26.4. The molecule has 0 radical (unpaired) electrons. The van der Waals surface area contributed by atoms with Crippen LogP contribution < -0.4 is 5.73 Å². The molecule has 3 atom stereocenters. The van der Waals surface area contributed by atoms with Crippen LogP contribution in [-0.2, 0) is 0 Å². The average molecular weight is 268 g/mol. The van der Waals surface area contributed by atoms with Crippen molar-refractivity contribution in [3.8, 4) is 0 Å². The van der Waals surface area contributed by atoms with Crippen molar-refractivity contribution < 1.29 is 8.78 Å². The molecule has 1 saturated heterocycles. The second-order valence-electron chi connectivity index (χ2n) is 5.82. The lowest BCUT2D eigenvalue weighted by Gasteiger charge is -2.40. The number of nitrogens with zero attached hydrogens (tertiary/aromatic N) is 1. The van der Waals surface area contributed by atoms with Gasteiger partial charge < -0.3 is 5.73 Å². The van der Waals surface area contributed by atoms with Crippen molar-refractivity contribution in [3.05, 3.63) is 35.4 Å². The van der Waals surface area contributed by atoms with E-state index in [9.17, 15) is 8.78 Å². The molecule has 0 saturated carbocycles. The van der Waals surface area contributed by atoms with E-state index in [1.165, 1.54) is 18.6 Å². The summed E-state index contributed by atoms with van der Waals surface area (Å²) in [4.78, 5) is 2.30. The molecule has 1 aliphatic rings. The Bertz CT molecular complexity index is 426. The van der Waals surface area contributed by atoms with Crippen LogP contribution in [-0.4, -0.2) is 24.5 Å². The van der Waals surface area contributed by atoms with Crippen molar-refractivity contribution in [1.29, 1.82) is 0 Å². The van der Waals surface area contributed by atoms with Gasteiger partial charge in [-0.3, -0.25) is 4.90 Å². The van der Waals surface area contributed by atoms with Gasteiger partial charge in [-0.1, -0.05) is 19.9 Å². The highest BCUT2D eigenvalue weighted by molar-refractivity contribution is 5.22. The highest BCUT2D eigenvalue weighted by Gasteiger charge is 2.28. The maximum atomic E-state index is 13.4. The number of hydrogen-bond donors (Lipinski definition) is 1. The molecule has 0 aliphatic carbocycles. The van der Waals surface area contributed by atoms with E-state index in [4.69, 9.17) is 5.73 Å². The van der Waals surface area contributed by atoms with E-state index in [1.807, 2.05) is 0 Å². The molecule has 0 aromatic heterocycles. The summed E-state index contributed by atoms with van der Waals surface area (Å²) >= 11 is 0. The minimum atomic E-state index is -0.806. The third-order valence-corrected chi connectivity index (χ3v) is 3.89. The van der Waals surface area contributed by atoms with Crippen LogP contribution >= 0.6 is 0 Å². The lowest BCUT2D eigenvalue weighted by molar-refractivity contribution is 0.0982. The first-order chi connectivity index (χ1) is 9.01. The molecular weight excluding hydrogens is 246 g/mol. The second-order valence-corrected chi connectivity index (χ2v) is 5.82. The zero-order valence-electron chi connectivity index (χ0n) is 11.6. The zero-order chi connectivity index (χ0) is 14.0. The van der Waals surface area contributed by atoms with Gasteiger partial charge in [-0.2, -0.15) is 0 Å². The molecule has 1 aromatic carbocycles. The fourth-order valence-electron chi connectivity index (χ4n) is 3.18. The molecule has 1 aromatic rings. The Labute approximate surface area is 113 Å². The van der Waals surface area contributed by atoms with E-state index in [1.54, 1.807) is 6.07 Å². The predicted octanol–water partition coefficient (Wildman–Crippen LogP) is 2.94. The van der Waals surface area contributed by atoms with Gasteiger partial charge in [-0.05, 0) is 36.0 Å². The van der Waals surface area contributed by atoms with Crippen molar-refractivity contribution >= 4 is 0 Å². The molecule has 1 aliphatic heterocycles. The molecule has 2 nitrogen and oxygen atoms in total. The number of halogens is 2. The van der Waals surface area contributed by atoms with E-state index in [2.05, 4.69) is 18.7 Å². The summed E-state index contributed by atoms with van der Waals surface area (Å²) < 4.78 is 26.4. The molecule has 1 fully saturated rings. The van der Waals surface area contributed by atoms with Crippen LogP contribution in [0, 0.1) is 23.5 Å². The number of rotatable bonds is 3. The van der Waals surface area contributed by atoms with E-state index in [-0.39, 0.29) is 6.04 Å². The van der Waals surface area contributed by atoms with E-state index in [0.717, 1.165) is 18.7 Å². The van der Waals surface area contributed by atoms with Gasteiger partial charge in [-0.15, -0.1) is 0 Å². The lowest BCUT2D eigenvalue weighted by atomic mass is 9.89. The molecule has 0 spiro atoms. The van der Waals surface area contributed by atoms with Gasteiger partial charge in [0.05, 0.1) is 0 Å². The third kappa shape index (κ3) is 3.31. The Hall–Kier alpha value is -1.00. The van der Waals surface area contributed by atoms with E-state index >= 15 is 0 Å². The summed E-state index contributed by atoms with van der Waals surface area (Å²) in [5.41, 5.74) is 6.62. The molecule has 0 amide bonds. The van der Waals surface area contributed by atoms with Gasteiger partial charge in [0.25, 0.3) is 0 Å². The molecule has 19 heavy (non-hydrogen) atoms. The first-order valence-corrected chi connectivity index (χ1v) is 6.90. The summed E-state index contributed by atoms with van der Waals surface area (Å²) in [7, 11) is 0. The van der Waals surface area contributed by atoms with Gasteiger partial charge >= 0.3 is 0 Å². The predicted molar refractivity (Wildman–Crippen MR) is 72.7 cm³/mol. The SMILES string of the molecule is CC1CC(C)CN(C(CN)c2ccc(F)c(F)c2)C1. The van der Waals surface area contributed by atoms with Crippen molar-refractivity contribution in [3.63, 3.8) is 0 Å². The van der Waals surface area contributed by atoms with Crippen LogP contribution in [0.15, 0.2) is 18.2 Å². The van der Waals surface area contributed by atoms with Gasteiger partial charge in [0, 0.05) is 25.7 Å². The number of benzene rings is 1. The maximum absolute atomic E-state index is 13.4. The van der Waals surface area contributed by atoms with Crippen molar-refractivity contribution in [1.82, 2.24) is 4.90 Å². The summed E-state index contributed by atoms with van der Waals surface area (Å²) in [6.07, 6.45) is 1.21. The van der Waals surface area contributed by atoms with Crippen LogP contribution in [0.4, 0.5) is 8.78 Å². The van der Waals surface area contributed by atoms with Crippen LogP contribution in [0.25, 0.3) is 0 Å². The van der Waals surface area contributed by atoms with Crippen molar-refractivity contribution in [2.75, 3.05) is 19.6 Å². The Balaban J connectivity index is 2.21. The molecular formula is C15H22F2N2. The van der Waals surface area contributed by atoms with Crippen molar-refractivity contribution in [2.24, 2.45) is 17.6 Å². The number of piperidine rings is 1. The Kier molecular flexibility index (Phi) is 4.53. The molecule has 3 unspecified atom stereocenters. The van der Waals surface area contributed by atoms with Crippen LogP contribution in [0.2, 0.25) is 0 Å². The third-order valence-electron chi connectivity index (χ3n) is 3.89. The molecule has 4 heteroatoms. The monoisotopic (exact) mass is 268 g/mol. The lowest BCUT2D eigenvalue weighted by Crippen LogP contribution is -2.43. The van der Waals surface area contributed by atoms with Crippen LogP contribution in [0.3, 0.4) is 0 Å². The van der Waals surface area contributed by atoms with Gasteiger partial charge in [-0.25, -0.2) is 8.78 Å². The number of nitrogens with two attached hydrogens (primary N) is 1. The Morgan fingerprint density at radius 2 is 1.84 bits per heavy atom. The quantitative estimate of drug-likeness (QED) is 0.913. The average Bonchev–Trinajstić information content (AvgIpc) is 2.33. The van der Waals surface area contributed by atoms with Crippen molar-refractivity contribution in [2.45, 2.75) is 26.3 Å². The standard InChI is InChI=1S/C15H22F2N2/c1-10-5-11(2)9-19(8-10)15(7-18)12-3-4-13(16)14(17)6-12/h3-4,6,10-11,15H,5,7-9,18H2,1-2H3. The first-order valence-electron chi connectivity index (χ1n) is 6.90. The zero-order valence-corrected chi connectivity index (χ0v) is 11.6. The largest absolute Gasteiger partial charge is 0.329 e. The highest BCUT2D eigenvalue weighted by Crippen LogP contribution is 2.29. The molecule has 2 N–H and O–H groups in total. The summed E-state index contributed by atoms with van der Waals surface area (Å²) in [5.74, 6) is -0.375.